The molecule has 2 atom stereocenters. The molecule has 0 saturated carbocycles. The van der Waals surface area contributed by atoms with Crippen molar-refractivity contribution in [2.75, 3.05) is 33.2 Å². The van der Waals surface area contributed by atoms with Crippen molar-refractivity contribution in [1.82, 2.24) is 9.80 Å². The Balaban J connectivity index is 1.47. The standard InChI is InChI=1S/C17H21F3N2O3/c1-21-8-13-6-7-22(10-14(13)9-21)16(23)24-11-12-2-4-15(5-3-12)25-17(18,19)20/h2-5,13-14H,6-11H2,1H3. The molecule has 2 saturated heterocycles. The summed E-state index contributed by atoms with van der Waals surface area (Å²) in [5.74, 6) is 0.843. The van der Waals surface area contributed by atoms with Gasteiger partial charge >= 0.3 is 12.5 Å². The van der Waals surface area contributed by atoms with Crippen molar-refractivity contribution in [3.63, 3.8) is 0 Å². The summed E-state index contributed by atoms with van der Waals surface area (Å²) >= 11 is 0. The van der Waals surface area contributed by atoms with Gasteiger partial charge in [0, 0.05) is 26.2 Å². The minimum atomic E-state index is -4.71. The molecule has 3 rings (SSSR count). The van der Waals surface area contributed by atoms with Crippen molar-refractivity contribution in [1.29, 1.82) is 0 Å². The Labute approximate surface area is 144 Å². The highest BCUT2D eigenvalue weighted by Crippen LogP contribution is 2.30. The first-order valence-electron chi connectivity index (χ1n) is 8.25. The number of amides is 1. The number of halogens is 3. The number of hydrogen-bond acceptors (Lipinski definition) is 4. The highest BCUT2D eigenvalue weighted by Gasteiger charge is 2.37. The first-order chi connectivity index (χ1) is 11.8. The van der Waals surface area contributed by atoms with E-state index in [2.05, 4.69) is 16.7 Å². The fraction of sp³-hybridized carbons (Fsp3) is 0.588. The summed E-state index contributed by atoms with van der Waals surface area (Å²) in [4.78, 5) is 16.2. The van der Waals surface area contributed by atoms with E-state index in [4.69, 9.17) is 4.74 Å². The summed E-state index contributed by atoms with van der Waals surface area (Å²) in [7, 11) is 2.09. The SMILES string of the molecule is CN1CC2CCN(C(=O)OCc3ccc(OC(F)(F)F)cc3)CC2C1. The first-order valence-corrected chi connectivity index (χ1v) is 8.25. The van der Waals surface area contributed by atoms with Crippen LogP contribution in [0.2, 0.25) is 0 Å². The second kappa shape index (κ2) is 7.11. The molecule has 0 aromatic heterocycles. The van der Waals surface area contributed by atoms with Gasteiger partial charge in [0.05, 0.1) is 0 Å². The van der Waals surface area contributed by atoms with Crippen LogP contribution < -0.4 is 4.74 Å². The summed E-state index contributed by atoms with van der Waals surface area (Å²) < 4.78 is 45.5. The number of piperidine rings is 1. The largest absolute Gasteiger partial charge is 0.573 e. The molecule has 1 aromatic rings. The lowest BCUT2D eigenvalue weighted by Crippen LogP contribution is -2.43. The maximum absolute atomic E-state index is 12.2. The highest BCUT2D eigenvalue weighted by atomic mass is 19.4. The van der Waals surface area contributed by atoms with Gasteiger partial charge < -0.3 is 19.3 Å². The number of hydrogen-bond donors (Lipinski definition) is 0. The predicted octanol–water partition coefficient (Wildman–Crippen LogP) is 3.11. The minimum Gasteiger partial charge on any atom is -0.445 e. The lowest BCUT2D eigenvalue weighted by atomic mass is 9.89. The van der Waals surface area contributed by atoms with Crippen LogP contribution in [0.15, 0.2) is 24.3 Å². The van der Waals surface area contributed by atoms with E-state index in [1.165, 1.54) is 24.3 Å². The van der Waals surface area contributed by atoms with E-state index in [-0.39, 0.29) is 18.4 Å². The summed E-state index contributed by atoms with van der Waals surface area (Å²) in [6.45, 7) is 3.49. The summed E-state index contributed by atoms with van der Waals surface area (Å²) in [5.41, 5.74) is 0.610. The number of ether oxygens (including phenoxy) is 2. The molecule has 5 nitrogen and oxygen atoms in total. The summed E-state index contributed by atoms with van der Waals surface area (Å²) in [6.07, 6.45) is -4.11. The molecule has 8 heteroatoms. The molecular formula is C17H21F3N2O3. The van der Waals surface area contributed by atoms with E-state index in [0.717, 1.165) is 19.5 Å². The van der Waals surface area contributed by atoms with E-state index in [0.29, 0.717) is 30.5 Å². The normalized spacial score (nSPS) is 24.1. The lowest BCUT2D eigenvalue weighted by Gasteiger charge is -2.33. The van der Waals surface area contributed by atoms with Crippen molar-refractivity contribution >= 4 is 6.09 Å². The van der Waals surface area contributed by atoms with Gasteiger partial charge in [-0.25, -0.2) is 4.79 Å². The van der Waals surface area contributed by atoms with E-state index < -0.39 is 6.36 Å². The molecule has 2 heterocycles. The van der Waals surface area contributed by atoms with Crippen LogP contribution in [-0.2, 0) is 11.3 Å². The van der Waals surface area contributed by atoms with Crippen LogP contribution in [0, 0.1) is 11.8 Å². The van der Waals surface area contributed by atoms with Crippen LogP contribution >= 0.6 is 0 Å². The van der Waals surface area contributed by atoms with Crippen LogP contribution in [-0.4, -0.2) is 55.5 Å². The van der Waals surface area contributed by atoms with Crippen LogP contribution in [0.1, 0.15) is 12.0 Å². The first kappa shape index (κ1) is 17.8. The number of rotatable bonds is 3. The predicted molar refractivity (Wildman–Crippen MR) is 84.0 cm³/mol. The third-order valence-electron chi connectivity index (χ3n) is 4.76. The van der Waals surface area contributed by atoms with Gasteiger partial charge in [-0.1, -0.05) is 12.1 Å². The molecule has 1 aromatic carbocycles. The maximum atomic E-state index is 12.2. The lowest BCUT2D eigenvalue weighted by molar-refractivity contribution is -0.274. The van der Waals surface area contributed by atoms with Gasteiger partial charge in [-0.15, -0.1) is 13.2 Å². The van der Waals surface area contributed by atoms with Crippen LogP contribution in [0.3, 0.4) is 0 Å². The Morgan fingerprint density at radius 3 is 2.52 bits per heavy atom. The van der Waals surface area contributed by atoms with E-state index >= 15 is 0 Å². The van der Waals surface area contributed by atoms with E-state index in [1.807, 2.05) is 0 Å². The smallest absolute Gasteiger partial charge is 0.445 e. The van der Waals surface area contributed by atoms with Crippen molar-refractivity contribution in [3.8, 4) is 5.75 Å². The average molecular weight is 358 g/mol. The third-order valence-corrected chi connectivity index (χ3v) is 4.76. The molecule has 0 N–H and O–H groups in total. The third kappa shape index (κ3) is 4.78. The molecule has 2 unspecified atom stereocenters. The minimum absolute atomic E-state index is 0.0234. The fourth-order valence-electron chi connectivity index (χ4n) is 3.59. The Hall–Kier alpha value is -1.96. The molecule has 1 amide bonds. The molecule has 0 bridgehead atoms. The molecule has 25 heavy (non-hydrogen) atoms. The van der Waals surface area contributed by atoms with Crippen molar-refractivity contribution in [3.05, 3.63) is 29.8 Å². The maximum Gasteiger partial charge on any atom is 0.573 e. The van der Waals surface area contributed by atoms with Gasteiger partial charge in [0.2, 0.25) is 0 Å². The molecular weight excluding hydrogens is 337 g/mol. The number of fused-ring (bicyclic) bond motifs is 1. The zero-order chi connectivity index (χ0) is 18.0. The number of alkyl halides is 3. The molecule has 0 spiro atoms. The zero-order valence-electron chi connectivity index (χ0n) is 14.0. The van der Waals surface area contributed by atoms with E-state index in [9.17, 15) is 18.0 Å². The van der Waals surface area contributed by atoms with Crippen molar-refractivity contribution in [2.24, 2.45) is 11.8 Å². The van der Waals surface area contributed by atoms with Crippen LogP contribution in [0.25, 0.3) is 0 Å². The Kier molecular flexibility index (Phi) is 5.08. The molecule has 138 valence electrons. The molecule has 0 radical (unpaired) electrons. The van der Waals surface area contributed by atoms with Gasteiger partial charge in [0.1, 0.15) is 12.4 Å². The fourth-order valence-corrected chi connectivity index (χ4v) is 3.59. The Morgan fingerprint density at radius 2 is 1.84 bits per heavy atom. The molecule has 2 aliphatic heterocycles. The average Bonchev–Trinajstić information content (AvgIpc) is 2.91. The number of benzene rings is 1. The quantitative estimate of drug-likeness (QED) is 0.833. The molecule has 0 aliphatic carbocycles. The second-order valence-electron chi connectivity index (χ2n) is 6.72. The van der Waals surface area contributed by atoms with Crippen LogP contribution in [0.5, 0.6) is 5.75 Å². The molecule has 2 aliphatic rings. The van der Waals surface area contributed by atoms with Crippen molar-refractivity contribution < 1.29 is 27.4 Å². The van der Waals surface area contributed by atoms with Gasteiger partial charge in [-0.2, -0.15) is 0 Å². The number of carbonyl (C=O) groups excluding carboxylic acids is 1. The Morgan fingerprint density at radius 1 is 1.16 bits per heavy atom. The van der Waals surface area contributed by atoms with Gasteiger partial charge in [0.15, 0.2) is 0 Å². The zero-order valence-corrected chi connectivity index (χ0v) is 14.0. The number of nitrogens with zero attached hydrogens (tertiary/aromatic N) is 2. The monoisotopic (exact) mass is 358 g/mol. The number of carbonyl (C=O) groups is 1. The highest BCUT2D eigenvalue weighted by molar-refractivity contribution is 5.67. The topological polar surface area (TPSA) is 42.0 Å². The Bertz CT molecular complexity index is 606. The summed E-state index contributed by atoms with van der Waals surface area (Å²) in [5, 5.41) is 0. The van der Waals surface area contributed by atoms with Crippen molar-refractivity contribution in [2.45, 2.75) is 19.4 Å². The molecule has 2 fully saturated rings. The van der Waals surface area contributed by atoms with E-state index in [1.54, 1.807) is 4.90 Å². The van der Waals surface area contributed by atoms with Crippen LogP contribution in [0.4, 0.5) is 18.0 Å². The van der Waals surface area contributed by atoms with Gasteiger partial charge in [0.25, 0.3) is 0 Å². The van der Waals surface area contributed by atoms with Gasteiger partial charge in [-0.05, 0) is 43.0 Å². The van der Waals surface area contributed by atoms with Gasteiger partial charge in [-0.3, -0.25) is 0 Å². The number of likely N-dealkylation sites (tertiary alicyclic amines) is 2. The summed E-state index contributed by atoms with van der Waals surface area (Å²) in [6, 6.07) is 5.31. The second-order valence-corrected chi connectivity index (χ2v) is 6.72.